The third kappa shape index (κ3) is 2.78. The van der Waals surface area contributed by atoms with E-state index in [9.17, 15) is 0 Å². The standard InChI is InChI=1S/C12H9Cl3N2/c13-8-5-4-7(6-10(8)15)17-11-3-1-2-9(14)12(11)16/h1-6,17H,16H2. The van der Waals surface area contributed by atoms with Crippen molar-refractivity contribution in [3.63, 3.8) is 0 Å². The predicted octanol–water partition coefficient (Wildman–Crippen LogP) is 4.97. The first-order valence-electron chi connectivity index (χ1n) is 4.84. The maximum Gasteiger partial charge on any atom is 0.0742 e. The summed E-state index contributed by atoms with van der Waals surface area (Å²) in [6, 6.07) is 10.6. The van der Waals surface area contributed by atoms with Crippen molar-refractivity contribution >= 4 is 51.9 Å². The third-order valence-corrected chi connectivity index (χ3v) is 3.32. The van der Waals surface area contributed by atoms with Gasteiger partial charge in [-0.2, -0.15) is 0 Å². The van der Waals surface area contributed by atoms with Crippen molar-refractivity contribution in [2.45, 2.75) is 0 Å². The summed E-state index contributed by atoms with van der Waals surface area (Å²) in [5, 5.41) is 4.63. The molecule has 0 fully saturated rings. The topological polar surface area (TPSA) is 38.0 Å². The summed E-state index contributed by atoms with van der Waals surface area (Å²) in [5.41, 5.74) is 7.88. The summed E-state index contributed by atoms with van der Waals surface area (Å²) < 4.78 is 0. The average Bonchev–Trinajstić information content (AvgIpc) is 2.30. The van der Waals surface area contributed by atoms with E-state index in [-0.39, 0.29) is 0 Å². The lowest BCUT2D eigenvalue weighted by Crippen LogP contribution is -1.96. The molecule has 0 spiro atoms. The van der Waals surface area contributed by atoms with Crippen LogP contribution in [0.15, 0.2) is 36.4 Å². The van der Waals surface area contributed by atoms with E-state index < -0.39 is 0 Å². The van der Waals surface area contributed by atoms with Gasteiger partial charge in [-0.1, -0.05) is 40.9 Å². The first-order chi connectivity index (χ1) is 8.08. The molecule has 0 aromatic heterocycles. The molecule has 0 amide bonds. The monoisotopic (exact) mass is 286 g/mol. The van der Waals surface area contributed by atoms with E-state index in [1.54, 1.807) is 18.2 Å². The van der Waals surface area contributed by atoms with Gasteiger partial charge in [0.25, 0.3) is 0 Å². The second-order valence-electron chi connectivity index (χ2n) is 3.45. The third-order valence-electron chi connectivity index (χ3n) is 2.25. The van der Waals surface area contributed by atoms with Crippen LogP contribution in [-0.2, 0) is 0 Å². The Bertz CT molecular complexity index is 555. The Morgan fingerprint density at radius 2 is 1.65 bits per heavy atom. The minimum Gasteiger partial charge on any atom is -0.396 e. The van der Waals surface area contributed by atoms with Crippen LogP contribution in [0.5, 0.6) is 0 Å². The molecule has 3 N–H and O–H groups in total. The molecule has 2 aromatic carbocycles. The number of para-hydroxylation sites is 1. The first kappa shape index (κ1) is 12.4. The summed E-state index contributed by atoms with van der Waals surface area (Å²) in [5.74, 6) is 0. The molecule has 0 aliphatic rings. The lowest BCUT2D eigenvalue weighted by Gasteiger charge is -2.10. The highest BCUT2D eigenvalue weighted by Crippen LogP contribution is 2.31. The fourth-order valence-corrected chi connectivity index (χ4v) is 1.85. The first-order valence-corrected chi connectivity index (χ1v) is 5.97. The normalized spacial score (nSPS) is 10.3. The van der Waals surface area contributed by atoms with Gasteiger partial charge in [0.05, 0.1) is 26.4 Å². The van der Waals surface area contributed by atoms with Gasteiger partial charge in [0.15, 0.2) is 0 Å². The van der Waals surface area contributed by atoms with Gasteiger partial charge in [-0.25, -0.2) is 0 Å². The van der Waals surface area contributed by atoms with Gasteiger partial charge in [0.2, 0.25) is 0 Å². The Morgan fingerprint density at radius 1 is 0.882 bits per heavy atom. The minimum atomic E-state index is 0.484. The smallest absolute Gasteiger partial charge is 0.0742 e. The molecule has 2 aromatic rings. The molecule has 0 saturated heterocycles. The van der Waals surface area contributed by atoms with Gasteiger partial charge >= 0.3 is 0 Å². The van der Waals surface area contributed by atoms with Gasteiger partial charge in [0.1, 0.15) is 0 Å². The zero-order chi connectivity index (χ0) is 12.4. The number of nitrogens with one attached hydrogen (secondary N) is 1. The molecular weight excluding hydrogens is 279 g/mol. The van der Waals surface area contributed by atoms with Crippen molar-refractivity contribution < 1.29 is 0 Å². The van der Waals surface area contributed by atoms with E-state index in [1.807, 2.05) is 18.2 Å². The van der Waals surface area contributed by atoms with Crippen LogP contribution in [0.1, 0.15) is 0 Å². The predicted molar refractivity (Wildman–Crippen MR) is 75.6 cm³/mol. The lowest BCUT2D eigenvalue weighted by molar-refractivity contribution is 1.54. The van der Waals surface area contributed by atoms with Gasteiger partial charge in [-0.15, -0.1) is 0 Å². The molecule has 5 heteroatoms. The van der Waals surface area contributed by atoms with Crippen LogP contribution in [0.3, 0.4) is 0 Å². The number of halogens is 3. The molecule has 0 atom stereocenters. The molecule has 0 unspecified atom stereocenters. The van der Waals surface area contributed by atoms with E-state index >= 15 is 0 Å². The van der Waals surface area contributed by atoms with Crippen molar-refractivity contribution in [3.8, 4) is 0 Å². The van der Waals surface area contributed by atoms with E-state index in [0.29, 0.717) is 20.8 Å². The number of nitrogen functional groups attached to an aromatic ring is 1. The number of rotatable bonds is 2. The highest BCUT2D eigenvalue weighted by atomic mass is 35.5. The molecule has 0 bridgehead atoms. The zero-order valence-corrected chi connectivity index (χ0v) is 10.9. The number of hydrogen-bond acceptors (Lipinski definition) is 2. The fourth-order valence-electron chi connectivity index (χ4n) is 1.38. The van der Waals surface area contributed by atoms with Crippen LogP contribution in [0, 0.1) is 0 Å². The molecule has 2 rings (SSSR count). The van der Waals surface area contributed by atoms with E-state index in [4.69, 9.17) is 40.5 Å². The number of benzene rings is 2. The van der Waals surface area contributed by atoms with E-state index in [2.05, 4.69) is 5.32 Å². The highest BCUT2D eigenvalue weighted by Gasteiger charge is 2.04. The summed E-state index contributed by atoms with van der Waals surface area (Å²) in [6.45, 7) is 0. The number of anilines is 3. The number of nitrogens with two attached hydrogens (primary N) is 1. The van der Waals surface area contributed by atoms with Crippen molar-refractivity contribution in [2.75, 3.05) is 11.1 Å². The minimum absolute atomic E-state index is 0.484. The maximum absolute atomic E-state index is 5.92. The van der Waals surface area contributed by atoms with Crippen molar-refractivity contribution in [1.82, 2.24) is 0 Å². The summed E-state index contributed by atoms with van der Waals surface area (Å²) in [6.07, 6.45) is 0. The molecule has 0 aliphatic carbocycles. The van der Waals surface area contributed by atoms with Crippen LogP contribution in [0.2, 0.25) is 15.1 Å². The maximum atomic E-state index is 5.92. The Morgan fingerprint density at radius 3 is 2.35 bits per heavy atom. The van der Waals surface area contributed by atoms with Crippen LogP contribution < -0.4 is 11.1 Å². The second kappa shape index (κ2) is 5.05. The average molecular weight is 288 g/mol. The van der Waals surface area contributed by atoms with Crippen molar-refractivity contribution in [3.05, 3.63) is 51.5 Å². The lowest BCUT2D eigenvalue weighted by atomic mass is 10.2. The van der Waals surface area contributed by atoms with Crippen molar-refractivity contribution in [2.24, 2.45) is 0 Å². The van der Waals surface area contributed by atoms with Crippen LogP contribution in [-0.4, -0.2) is 0 Å². The molecule has 0 aliphatic heterocycles. The van der Waals surface area contributed by atoms with Crippen LogP contribution >= 0.6 is 34.8 Å². The zero-order valence-electron chi connectivity index (χ0n) is 8.68. The van der Waals surface area contributed by atoms with Gasteiger partial charge in [-0.3, -0.25) is 0 Å². The quantitative estimate of drug-likeness (QED) is 0.765. The van der Waals surface area contributed by atoms with Gasteiger partial charge in [0, 0.05) is 5.69 Å². The Kier molecular flexibility index (Phi) is 3.67. The molecule has 0 radical (unpaired) electrons. The second-order valence-corrected chi connectivity index (χ2v) is 4.68. The van der Waals surface area contributed by atoms with Crippen LogP contribution in [0.4, 0.5) is 17.1 Å². The van der Waals surface area contributed by atoms with E-state index in [1.165, 1.54) is 0 Å². The number of hydrogen-bond donors (Lipinski definition) is 2. The molecule has 17 heavy (non-hydrogen) atoms. The molecular formula is C12H9Cl3N2. The van der Waals surface area contributed by atoms with Gasteiger partial charge < -0.3 is 11.1 Å². The van der Waals surface area contributed by atoms with Crippen LogP contribution in [0.25, 0.3) is 0 Å². The Labute approximate surface area is 114 Å². The van der Waals surface area contributed by atoms with Crippen molar-refractivity contribution in [1.29, 1.82) is 0 Å². The molecule has 88 valence electrons. The summed E-state index contributed by atoms with van der Waals surface area (Å²) in [4.78, 5) is 0. The summed E-state index contributed by atoms with van der Waals surface area (Å²) in [7, 11) is 0. The Hall–Kier alpha value is -1.09. The van der Waals surface area contributed by atoms with Gasteiger partial charge in [-0.05, 0) is 30.3 Å². The van der Waals surface area contributed by atoms with E-state index in [0.717, 1.165) is 11.4 Å². The SMILES string of the molecule is Nc1c(Cl)cccc1Nc1ccc(Cl)c(Cl)c1. The largest absolute Gasteiger partial charge is 0.396 e. The molecule has 2 nitrogen and oxygen atoms in total. The Balaban J connectivity index is 2.31. The molecule has 0 saturated carbocycles. The molecule has 0 heterocycles. The highest BCUT2D eigenvalue weighted by molar-refractivity contribution is 6.42. The fraction of sp³-hybridized carbons (Fsp3) is 0. The summed E-state index contributed by atoms with van der Waals surface area (Å²) >= 11 is 17.7.